The van der Waals surface area contributed by atoms with Gasteiger partial charge in [0.25, 0.3) is 0 Å². The zero-order valence-electron chi connectivity index (χ0n) is 6.25. The Bertz CT molecular complexity index is 331. The normalized spacial score (nSPS) is 12.3. The zero-order valence-corrected chi connectivity index (χ0v) is 7.06. The molecule has 0 rings (SSSR count). The molecule has 0 spiro atoms. The van der Waals surface area contributed by atoms with Crippen LogP contribution in [0.2, 0.25) is 0 Å². The lowest BCUT2D eigenvalue weighted by Gasteiger charge is -1.85. The molecule has 0 aliphatic heterocycles. The van der Waals surface area contributed by atoms with Crippen LogP contribution >= 0.6 is 0 Å². The van der Waals surface area contributed by atoms with Crippen LogP contribution in [0.1, 0.15) is 0 Å². The second-order valence-electron chi connectivity index (χ2n) is 1.87. The predicted molar refractivity (Wildman–Crippen MR) is 42.5 cm³/mol. The van der Waals surface area contributed by atoms with E-state index in [1.54, 1.807) is 0 Å². The summed E-state index contributed by atoms with van der Waals surface area (Å²) in [6, 6.07) is 0. The van der Waals surface area contributed by atoms with Crippen molar-refractivity contribution in [2.24, 2.45) is 0 Å². The summed E-state index contributed by atoms with van der Waals surface area (Å²) in [5.74, 6) is -2.85. The predicted octanol–water partition coefficient (Wildman–Crippen LogP) is -0.402. The van der Waals surface area contributed by atoms with Gasteiger partial charge in [0.2, 0.25) is 0 Å². The fourth-order valence-corrected chi connectivity index (χ4v) is 1.05. The largest absolute Gasteiger partial charge is 0.478 e. The summed E-state index contributed by atoms with van der Waals surface area (Å²) in [6.45, 7) is 0. The number of aliphatic carboxylic acids is 2. The highest BCUT2D eigenvalue weighted by Crippen LogP contribution is 1.94. The molecule has 0 aromatic rings. The van der Waals surface area contributed by atoms with Gasteiger partial charge < -0.3 is 10.2 Å². The minimum atomic E-state index is -3.89. The van der Waals surface area contributed by atoms with Gasteiger partial charge in [-0.05, 0) is 0 Å². The summed E-state index contributed by atoms with van der Waals surface area (Å²) in [6.07, 6.45) is 0.809. The standard InChI is InChI=1S/C6H6O6S/c7-5(8)1-3-13(11,12)4-2-6(9)10/h1-4H,(H,7,8)(H,9,10). The summed E-state index contributed by atoms with van der Waals surface area (Å²) in [4.78, 5) is 19.8. The first kappa shape index (κ1) is 11.4. The van der Waals surface area contributed by atoms with Crippen LogP contribution in [0.15, 0.2) is 23.0 Å². The lowest BCUT2D eigenvalue weighted by Crippen LogP contribution is -1.95. The van der Waals surface area contributed by atoms with Crippen molar-refractivity contribution < 1.29 is 28.2 Å². The number of sulfone groups is 1. The fraction of sp³-hybridized carbons (Fsp3) is 0. The molecule has 6 nitrogen and oxygen atoms in total. The first-order valence-electron chi connectivity index (χ1n) is 2.90. The molecule has 7 heteroatoms. The van der Waals surface area contributed by atoms with Gasteiger partial charge in [0.1, 0.15) is 0 Å². The fourth-order valence-electron chi connectivity index (χ4n) is 0.351. The summed E-state index contributed by atoms with van der Waals surface area (Å²) in [5.41, 5.74) is 0. The quantitative estimate of drug-likeness (QED) is 0.605. The molecule has 0 aromatic heterocycles. The Morgan fingerprint density at radius 2 is 1.23 bits per heavy atom. The Balaban J connectivity index is 4.62. The van der Waals surface area contributed by atoms with Gasteiger partial charge in [-0.2, -0.15) is 0 Å². The van der Waals surface area contributed by atoms with Crippen LogP contribution in [0, 0.1) is 0 Å². The maximum Gasteiger partial charge on any atom is 0.329 e. The molecule has 0 aliphatic carbocycles. The van der Waals surface area contributed by atoms with Crippen molar-refractivity contribution in [1.29, 1.82) is 0 Å². The topological polar surface area (TPSA) is 109 Å². The molecule has 2 N–H and O–H groups in total. The molecule has 0 saturated carbocycles. The molecule has 0 aromatic carbocycles. The third kappa shape index (κ3) is 6.76. The van der Waals surface area contributed by atoms with Gasteiger partial charge in [-0.25, -0.2) is 18.0 Å². The molecule has 0 saturated heterocycles. The molecule has 0 atom stereocenters. The van der Waals surface area contributed by atoms with Crippen molar-refractivity contribution in [3.05, 3.63) is 23.0 Å². The van der Waals surface area contributed by atoms with Gasteiger partial charge in [-0.1, -0.05) is 0 Å². The second-order valence-corrected chi connectivity index (χ2v) is 3.59. The van der Waals surface area contributed by atoms with Crippen molar-refractivity contribution in [1.82, 2.24) is 0 Å². The van der Waals surface area contributed by atoms with E-state index < -0.39 is 21.8 Å². The highest BCUT2D eigenvalue weighted by atomic mass is 32.2. The number of hydrogen-bond donors (Lipinski definition) is 2. The summed E-state index contributed by atoms with van der Waals surface area (Å²) >= 11 is 0. The van der Waals surface area contributed by atoms with Gasteiger partial charge in [-0.15, -0.1) is 0 Å². The second kappa shape index (κ2) is 4.41. The molecule has 0 heterocycles. The van der Waals surface area contributed by atoms with Crippen molar-refractivity contribution in [2.45, 2.75) is 0 Å². The van der Waals surface area contributed by atoms with Crippen molar-refractivity contribution in [3.8, 4) is 0 Å². The monoisotopic (exact) mass is 206 g/mol. The zero-order chi connectivity index (χ0) is 10.5. The van der Waals surface area contributed by atoms with E-state index in [1.807, 2.05) is 0 Å². The lowest BCUT2D eigenvalue weighted by molar-refractivity contribution is -0.132. The molecule has 0 amide bonds. The van der Waals surface area contributed by atoms with E-state index in [9.17, 15) is 18.0 Å². The number of hydrogen-bond acceptors (Lipinski definition) is 4. The van der Waals surface area contributed by atoms with Crippen molar-refractivity contribution >= 4 is 21.8 Å². The van der Waals surface area contributed by atoms with Crippen LogP contribution in [0.4, 0.5) is 0 Å². The average molecular weight is 206 g/mol. The van der Waals surface area contributed by atoms with Crippen LogP contribution in [0.5, 0.6) is 0 Å². The van der Waals surface area contributed by atoms with E-state index in [-0.39, 0.29) is 0 Å². The average Bonchev–Trinajstić information content (AvgIpc) is 1.98. The molecule has 0 unspecified atom stereocenters. The molecule has 0 aliphatic rings. The highest BCUT2D eigenvalue weighted by molar-refractivity contribution is 7.97. The number of carboxylic acid groups (broad SMARTS) is 2. The van der Waals surface area contributed by atoms with Gasteiger partial charge in [0.05, 0.1) is 0 Å². The molecule has 0 fully saturated rings. The summed E-state index contributed by atoms with van der Waals surface area (Å²) in [5, 5.41) is 16.9. The Morgan fingerprint density at radius 1 is 0.923 bits per heavy atom. The summed E-state index contributed by atoms with van der Waals surface area (Å²) in [7, 11) is -3.89. The van der Waals surface area contributed by atoms with Gasteiger partial charge in [0.15, 0.2) is 9.84 Å². The van der Waals surface area contributed by atoms with E-state index >= 15 is 0 Å². The van der Waals surface area contributed by atoms with Crippen LogP contribution in [-0.4, -0.2) is 30.6 Å². The van der Waals surface area contributed by atoms with Crippen molar-refractivity contribution in [3.63, 3.8) is 0 Å². The summed E-state index contributed by atoms with van der Waals surface area (Å²) < 4.78 is 21.5. The van der Waals surface area contributed by atoms with E-state index in [1.165, 1.54) is 0 Å². The van der Waals surface area contributed by atoms with Crippen LogP contribution < -0.4 is 0 Å². The minimum Gasteiger partial charge on any atom is -0.478 e. The van der Waals surface area contributed by atoms with Crippen LogP contribution in [-0.2, 0) is 19.4 Å². The van der Waals surface area contributed by atoms with E-state index in [0.29, 0.717) is 23.0 Å². The molecule has 72 valence electrons. The van der Waals surface area contributed by atoms with Gasteiger partial charge in [0, 0.05) is 23.0 Å². The Hall–Kier alpha value is -1.63. The molecule has 13 heavy (non-hydrogen) atoms. The molecular weight excluding hydrogens is 200 g/mol. The lowest BCUT2D eigenvalue weighted by atomic mass is 10.7. The first-order valence-corrected chi connectivity index (χ1v) is 4.51. The maximum absolute atomic E-state index is 10.7. The van der Waals surface area contributed by atoms with Gasteiger partial charge in [-0.3, -0.25) is 0 Å². The van der Waals surface area contributed by atoms with Crippen LogP contribution in [0.3, 0.4) is 0 Å². The maximum atomic E-state index is 10.7. The minimum absolute atomic E-state index is 0.398. The number of rotatable bonds is 4. The van der Waals surface area contributed by atoms with Crippen molar-refractivity contribution in [2.75, 3.05) is 0 Å². The number of carbonyl (C=O) groups is 2. The Kier molecular flexibility index (Phi) is 3.86. The Morgan fingerprint density at radius 3 is 1.46 bits per heavy atom. The number of carboxylic acids is 2. The Labute approximate surface area is 73.7 Å². The first-order chi connectivity index (χ1) is 5.83. The van der Waals surface area contributed by atoms with E-state index in [0.717, 1.165) is 0 Å². The third-order valence-electron chi connectivity index (χ3n) is 0.801. The van der Waals surface area contributed by atoms with E-state index in [4.69, 9.17) is 10.2 Å². The van der Waals surface area contributed by atoms with Gasteiger partial charge >= 0.3 is 11.9 Å². The van der Waals surface area contributed by atoms with Crippen LogP contribution in [0.25, 0.3) is 0 Å². The molecule has 0 bridgehead atoms. The third-order valence-corrected chi connectivity index (χ3v) is 1.83. The SMILES string of the molecule is O=C(O)C=CS(=O)(=O)C=CC(=O)O. The molecular formula is C6H6O6S. The molecule has 0 radical (unpaired) electrons. The smallest absolute Gasteiger partial charge is 0.329 e. The highest BCUT2D eigenvalue weighted by Gasteiger charge is 2.01. The van der Waals surface area contributed by atoms with E-state index in [2.05, 4.69) is 0 Å².